The summed E-state index contributed by atoms with van der Waals surface area (Å²) in [5, 5.41) is 0. The highest BCUT2D eigenvalue weighted by atomic mass is 19.1. The van der Waals surface area contributed by atoms with Crippen molar-refractivity contribution >= 4 is 0 Å². The van der Waals surface area contributed by atoms with Gasteiger partial charge in [-0.2, -0.15) is 0 Å². The van der Waals surface area contributed by atoms with E-state index in [-0.39, 0.29) is 5.56 Å². The number of benzene rings is 1. The van der Waals surface area contributed by atoms with Crippen molar-refractivity contribution in [3.63, 3.8) is 0 Å². The van der Waals surface area contributed by atoms with Crippen molar-refractivity contribution < 1.29 is 8.78 Å². The van der Waals surface area contributed by atoms with Crippen LogP contribution in [0.5, 0.6) is 0 Å². The molecule has 0 saturated heterocycles. The van der Waals surface area contributed by atoms with Gasteiger partial charge in [0.05, 0.1) is 0 Å². The van der Waals surface area contributed by atoms with Gasteiger partial charge in [0.25, 0.3) is 0 Å². The monoisotopic (exact) mass is 211 g/mol. The fourth-order valence-corrected chi connectivity index (χ4v) is 2.43. The number of hydrogen-bond donors (Lipinski definition) is 1. The summed E-state index contributed by atoms with van der Waals surface area (Å²) in [7, 11) is 0. The molecule has 3 heteroatoms. The second-order valence-corrected chi connectivity index (χ2v) is 4.47. The van der Waals surface area contributed by atoms with Crippen molar-refractivity contribution in [2.45, 2.75) is 38.1 Å². The second-order valence-electron chi connectivity index (χ2n) is 4.47. The van der Waals surface area contributed by atoms with Gasteiger partial charge in [-0.25, -0.2) is 8.78 Å². The molecule has 0 unspecified atom stereocenters. The fraction of sp³-hybridized carbons (Fsp3) is 0.500. The van der Waals surface area contributed by atoms with Gasteiger partial charge in [0, 0.05) is 11.1 Å². The van der Waals surface area contributed by atoms with E-state index in [1.54, 1.807) is 6.92 Å². The molecule has 1 nitrogen and oxygen atoms in total. The first kappa shape index (κ1) is 10.6. The van der Waals surface area contributed by atoms with Gasteiger partial charge in [-0.1, -0.05) is 12.8 Å². The van der Waals surface area contributed by atoms with Crippen molar-refractivity contribution in [3.8, 4) is 0 Å². The Balaban J connectivity index is 2.52. The summed E-state index contributed by atoms with van der Waals surface area (Å²) >= 11 is 0. The Labute approximate surface area is 88.3 Å². The largest absolute Gasteiger partial charge is 0.321 e. The molecule has 0 bridgehead atoms. The molecule has 1 fully saturated rings. The van der Waals surface area contributed by atoms with Crippen molar-refractivity contribution in [1.82, 2.24) is 0 Å². The van der Waals surface area contributed by atoms with E-state index in [9.17, 15) is 8.78 Å². The highest BCUT2D eigenvalue weighted by Crippen LogP contribution is 2.38. The Bertz CT molecular complexity index is 358. The number of rotatable bonds is 1. The lowest BCUT2D eigenvalue weighted by molar-refractivity contribution is 0.404. The minimum absolute atomic E-state index is 0.0746. The molecule has 0 aromatic heterocycles. The Kier molecular flexibility index (Phi) is 2.51. The van der Waals surface area contributed by atoms with Crippen LogP contribution in [0.1, 0.15) is 36.8 Å². The maximum absolute atomic E-state index is 13.7. The zero-order valence-electron chi connectivity index (χ0n) is 8.82. The molecule has 2 rings (SSSR count). The Morgan fingerprint density at radius 2 is 1.60 bits per heavy atom. The van der Waals surface area contributed by atoms with Crippen molar-refractivity contribution in [2.75, 3.05) is 0 Å². The summed E-state index contributed by atoms with van der Waals surface area (Å²) in [5.41, 5.74) is 5.93. The third-order valence-electron chi connectivity index (χ3n) is 3.18. The summed E-state index contributed by atoms with van der Waals surface area (Å²) in [5.74, 6) is -1.01. The zero-order chi connectivity index (χ0) is 11.1. The SMILES string of the molecule is Cc1cc(F)c(C2(N)CCCC2)c(F)c1. The summed E-state index contributed by atoms with van der Waals surface area (Å²) in [6.07, 6.45) is 3.24. The second kappa shape index (κ2) is 3.56. The lowest BCUT2D eigenvalue weighted by Crippen LogP contribution is -2.35. The average molecular weight is 211 g/mol. The molecule has 0 aliphatic heterocycles. The van der Waals surface area contributed by atoms with Crippen LogP contribution in [0.25, 0.3) is 0 Å². The van der Waals surface area contributed by atoms with E-state index in [1.807, 2.05) is 0 Å². The first-order chi connectivity index (χ1) is 7.03. The highest BCUT2D eigenvalue weighted by Gasteiger charge is 2.36. The molecule has 1 aliphatic carbocycles. The average Bonchev–Trinajstić information content (AvgIpc) is 2.50. The molecule has 0 amide bonds. The standard InChI is InChI=1S/C12H15F2N/c1-8-6-9(13)11(10(14)7-8)12(15)4-2-3-5-12/h6-7H,2-5,15H2,1H3. The van der Waals surface area contributed by atoms with Crippen LogP contribution in [0.3, 0.4) is 0 Å². The van der Waals surface area contributed by atoms with Gasteiger partial charge in [0.1, 0.15) is 11.6 Å². The van der Waals surface area contributed by atoms with Crippen molar-refractivity contribution in [2.24, 2.45) is 5.73 Å². The predicted molar refractivity (Wildman–Crippen MR) is 55.4 cm³/mol. The van der Waals surface area contributed by atoms with E-state index < -0.39 is 17.2 Å². The van der Waals surface area contributed by atoms with Gasteiger partial charge >= 0.3 is 0 Å². The molecule has 0 spiro atoms. The maximum atomic E-state index is 13.7. The molecule has 1 aliphatic rings. The number of hydrogen-bond acceptors (Lipinski definition) is 1. The molecule has 1 aromatic carbocycles. The van der Waals surface area contributed by atoms with Crippen LogP contribution < -0.4 is 5.73 Å². The van der Waals surface area contributed by atoms with Crippen LogP contribution in [0.15, 0.2) is 12.1 Å². The molecule has 2 N–H and O–H groups in total. The van der Waals surface area contributed by atoms with E-state index in [4.69, 9.17) is 5.73 Å². The van der Waals surface area contributed by atoms with Gasteiger partial charge in [-0.3, -0.25) is 0 Å². The van der Waals surface area contributed by atoms with E-state index in [0.29, 0.717) is 18.4 Å². The third kappa shape index (κ3) is 1.76. The fourth-order valence-electron chi connectivity index (χ4n) is 2.43. The summed E-state index contributed by atoms with van der Waals surface area (Å²) in [6, 6.07) is 2.71. The first-order valence-corrected chi connectivity index (χ1v) is 5.28. The van der Waals surface area contributed by atoms with Crippen molar-refractivity contribution in [3.05, 3.63) is 34.9 Å². The Morgan fingerprint density at radius 3 is 2.07 bits per heavy atom. The molecule has 82 valence electrons. The maximum Gasteiger partial charge on any atom is 0.131 e. The highest BCUT2D eigenvalue weighted by molar-refractivity contribution is 5.32. The van der Waals surface area contributed by atoms with Crippen LogP contribution in [-0.4, -0.2) is 0 Å². The zero-order valence-corrected chi connectivity index (χ0v) is 8.82. The van der Waals surface area contributed by atoms with Crippen LogP contribution in [0.4, 0.5) is 8.78 Å². The number of nitrogens with two attached hydrogens (primary N) is 1. The lowest BCUT2D eigenvalue weighted by atomic mass is 9.88. The predicted octanol–water partition coefficient (Wildman–Crippen LogP) is 3.00. The normalized spacial score (nSPS) is 19.5. The molecule has 1 saturated carbocycles. The van der Waals surface area contributed by atoms with E-state index in [0.717, 1.165) is 12.8 Å². The minimum Gasteiger partial charge on any atom is -0.321 e. The van der Waals surface area contributed by atoms with Gasteiger partial charge < -0.3 is 5.73 Å². The summed E-state index contributed by atoms with van der Waals surface area (Å²) < 4.78 is 27.4. The van der Waals surface area contributed by atoms with Crippen LogP contribution in [0.2, 0.25) is 0 Å². The number of halogens is 2. The van der Waals surface area contributed by atoms with Crippen molar-refractivity contribution in [1.29, 1.82) is 0 Å². The van der Waals surface area contributed by atoms with Gasteiger partial charge in [-0.15, -0.1) is 0 Å². The molecule has 1 aromatic rings. The Hall–Kier alpha value is -0.960. The van der Waals surface area contributed by atoms with Gasteiger partial charge in [0.15, 0.2) is 0 Å². The van der Waals surface area contributed by atoms with Crippen LogP contribution in [-0.2, 0) is 5.54 Å². The topological polar surface area (TPSA) is 26.0 Å². The Morgan fingerprint density at radius 1 is 1.13 bits per heavy atom. The van der Waals surface area contributed by atoms with E-state index in [1.165, 1.54) is 12.1 Å². The van der Waals surface area contributed by atoms with Gasteiger partial charge in [-0.05, 0) is 37.5 Å². The third-order valence-corrected chi connectivity index (χ3v) is 3.18. The first-order valence-electron chi connectivity index (χ1n) is 5.28. The van der Waals surface area contributed by atoms with Gasteiger partial charge in [0.2, 0.25) is 0 Å². The summed E-state index contributed by atoms with van der Waals surface area (Å²) in [4.78, 5) is 0. The van der Waals surface area contributed by atoms with Crippen LogP contribution in [0, 0.1) is 18.6 Å². The molecule has 15 heavy (non-hydrogen) atoms. The molecule has 0 heterocycles. The van der Waals surface area contributed by atoms with Crippen LogP contribution >= 0.6 is 0 Å². The molecular weight excluding hydrogens is 196 g/mol. The smallest absolute Gasteiger partial charge is 0.131 e. The minimum atomic E-state index is -0.790. The van der Waals surface area contributed by atoms with E-state index in [2.05, 4.69) is 0 Å². The van der Waals surface area contributed by atoms with E-state index >= 15 is 0 Å². The summed E-state index contributed by atoms with van der Waals surface area (Å²) in [6.45, 7) is 1.67. The quantitative estimate of drug-likeness (QED) is 0.759. The molecule has 0 radical (unpaired) electrons. The molecular formula is C12H15F2N. The molecule has 0 atom stereocenters. The lowest BCUT2D eigenvalue weighted by Gasteiger charge is -2.25. The number of aryl methyl sites for hydroxylation is 1.